The molecular formula is C35H47FN6O2. The van der Waals surface area contributed by atoms with Gasteiger partial charge in [0.05, 0.1) is 24.3 Å². The summed E-state index contributed by atoms with van der Waals surface area (Å²) in [6.45, 7) is 13.7. The highest BCUT2D eigenvalue weighted by Gasteiger charge is 2.57. The average Bonchev–Trinajstić information content (AvgIpc) is 3.49. The predicted octanol–water partition coefficient (Wildman–Crippen LogP) is 5.32. The van der Waals surface area contributed by atoms with Crippen LogP contribution in [0, 0.1) is 34.9 Å². The van der Waals surface area contributed by atoms with Crippen molar-refractivity contribution in [1.29, 1.82) is 0 Å². The highest BCUT2D eigenvalue weighted by molar-refractivity contribution is 5.97. The lowest BCUT2D eigenvalue weighted by Gasteiger charge is -2.63. The standard InChI is InChI=1S/C35H47FN6O2/c1-6-40-13-11-23(20-40)19-38-34(37)42(32-16-25-15-29(22(32)2)35(25,3)4)26-8-10-28-31(17-26)39-21-41(33(28)43)14-12-24-7-9-27(44-5)18-30(24)36/h7-10,17-18,21-23,25,29,32H,6,11-16,19-20H2,1-5H3,(H2,37,38)/t22-,23?,25-,29+,32?/m0/s1. The summed E-state index contributed by atoms with van der Waals surface area (Å²) in [7, 11) is 1.51. The number of hydrogen-bond donors (Lipinski definition) is 1. The minimum atomic E-state index is -0.344. The Labute approximate surface area is 260 Å². The summed E-state index contributed by atoms with van der Waals surface area (Å²) in [5, 5.41) is 0.535. The molecule has 0 radical (unpaired) electrons. The van der Waals surface area contributed by atoms with Crippen molar-refractivity contribution in [3.63, 3.8) is 0 Å². The van der Waals surface area contributed by atoms with Gasteiger partial charge in [-0.15, -0.1) is 0 Å². The fourth-order valence-corrected chi connectivity index (χ4v) is 8.16. The number of benzene rings is 2. The molecule has 1 aliphatic heterocycles. The van der Waals surface area contributed by atoms with Gasteiger partial charge in [-0.1, -0.05) is 33.8 Å². The second-order valence-corrected chi connectivity index (χ2v) is 13.8. The van der Waals surface area contributed by atoms with Gasteiger partial charge in [0.15, 0.2) is 5.96 Å². The smallest absolute Gasteiger partial charge is 0.261 e. The third-order valence-electron chi connectivity index (χ3n) is 11.2. The first kappa shape index (κ1) is 30.6. The van der Waals surface area contributed by atoms with Gasteiger partial charge in [-0.25, -0.2) is 9.37 Å². The van der Waals surface area contributed by atoms with Gasteiger partial charge in [0, 0.05) is 37.4 Å². The quantitative estimate of drug-likeness (QED) is 0.264. The normalized spacial score (nSPS) is 26.5. The van der Waals surface area contributed by atoms with Gasteiger partial charge in [-0.3, -0.25) is 14.4 Å². The molecule has 0 spiro atoms. The molecule has 2 aromatic carbocycles. The van der Waals surface area contributed by atoms with Crippen LogP contribution in [0.1, 0.15) is 52.5 Å². The molecule has 3 aliphatic carbocycles. The number of fused-ring (bicyclic) bond motifs is 3. The molecule has 2 heterocycles. The van der Waals surface area contributed by atoms with Crippen LogP contribution in [0.4, 0.5) is 10.1 Å². The molecule has 44 heavy (non-hydrogen) atoms. The monoisotopic (exact) mass is 602 g/mol. The lowest BCUT2D eigenvalue weighted by Crippen LogP contribution is -2.62. The highest BCUT2D eigenvalue weighted by Crippen LogP contribution is 2.62. The second-order valence-electron chi connectivity index (χ2n) is 13.8. The first-order valence-electron chi connectivity index (χ1n) is 16.2. The van der Waals surface area contributed by atoms with Crippen LogP contribution in [-0.4, -0.2) is 59.7 Å². The third kappa shape index (κ3) is 5.59. The van der Waals surface area contributed by atoms with Gasteiger partial charge in [-0.05, 0) is 97.7 Å². The van der Waals surface area contributed by atoms with Crippen molar-refractivity contribution in [3.8, 4) is 5.75 Å². The number of nitrogens with zero attached hydrogens (tertiary/aromatic N) is 5. The molecule has 4 fully saturated rings. The number of guanidine groups is 1. The SMILES string of the molecule is CCN1CCC(CN=C(N)N(c2ccc3c(=O)n(CCc4ccc(OC)cc4F)cnc3c2)C2C[C@@H]3C[C@H]([C@@H]2C)C3(C)C)C1. The van der Waals surface area contributed by atoms with Crippen LogP contribution >= 0.6 is 0 Å². The van der Waals surface area contributed by atoms with Crippen molar-refractivity contribution < 1.29 is 9.13 Å². The number of likely N-dealkylation sites (tertiary alicyclic amines) is 1. The number of ether oxygens (including phenoxy) is 1. The summed E-state index contributed by atoms with van der Waals surface area (Å²) in [5.74, 6) is 2.98. The van der Waals surface area contributed by atoms with E-state index in [-0.39, 0.29) is 17.4 Å². The van der Waals surface area contributed by atoms with Crippen LogP contribution in [0.25, 0.3) is 10.9 Å². The summed E-state index contributed by atoms with van der Waals surface area (Å²) in [5.41, 5.74) is 9.18. The molecular weight excluding hydrogens is 555 g/mol. The molecule has 5 atom stereocenters. The number of aliphatic imine (C=N–C) groups is 1. The van der Waals surface area contributed by atoms with Crippen molar-refractivity contribution in [2.75, 3.05) is 38.2 Å². The van der Waals surface area contributed by atoms with Crippen molar-refractivity contribution in [2.45, 2.75) is 66.0 Å². The Morgan fingerprint density at radius 3 is 2.73 bits per heavy atom. The van der Waals surface area contributed by atoms with Crippen molar-refractivity contribution in [3.05, 3.63) is 64.5 Å². The lowest BCUT2D eigenvalue weighted by molar-refractivity contribution is -0.108. The lowest BCUT2D eigenvalue weighted by atomic mass is 9.44. The Morgan fingerprint density at radius 2 is 2.05 bits per heavy atom. The zero-order valence-electron chi connectivity index (χ0n) is 26.8. The minimum absolute atomic E-state index is 0.139. The maximum Gasteiger partial charge on any atom is 0.261 e. The molecule has 3 saturated carbocycles. The molecule has 2 N–H and O–H groups in total. The van der Waals surface area contributed by atoms with Crippen molar-refractivity contribution in [2.24, 2.45) is 39.8 Å². The van der Waals surface area contributed by atoms with E-state index in [1.807, 2.05) is 18.2 Å². The molecule has 4 aliphatic rings. The first-order valence-corrected chi connectivity index (χ1v) is 16.2. The third-order valence-corrected chi connectivity index (χ3v) is 11.2. The summed E-state index contributed by atoms with van der Waals surface area (Å²) >= 11 is 0. The van der Waals surface area contributed by atoms with E-state index in [0.29, 0.717) is 70.2 Å². The van der Waals surface area contributed by atoms with E-state index in [4.69, 9.17) is 15.5 Å². The number of rotatable bonds is 9. The number of aryl methyl sites for hydroxylation is 2. The topological polar surface area (TPSA) is 89.0 Å². The van der Waals surface area contributed by atoms with E-state index >= 15 is 0 Å². The number of halogens is 1. The Bertz CT molecular complexity index is 1600. The predicted molar refractivity (Wildman–Crippen MR) is 175 cm³/mol. The summed E-state index contributed by atoms with van der Waals surface area (Å²) in [6, 6.07) is 10.9. The van der Waals surface area contributed by atoms with Crippen LogP contribution in [0.3, 0.4) is 0 Å². The molecule has 1 saturated heterocycles. The fourth-order valence-electron chi connectivity index (χ4n) is 8.16. The van der Waals surface area contributed by atoms with E-state index in [0.717, 1.165) is 44.7 Å². The average molecular weight is 603 g/mol. The van der Waals surface area contributed by atoms with Crippen LogP contribution < -0.4 is 20.9 Å². The van der Waals surface area contributed by atoms with E-state index in [9.17, 15) is 9.18 Å². The van der Waals surface area contributed by atoms with Crippen LogP contribution in [0.15, 0.2) is 52.5 Å². The van der Waals surface area contributed by atoms with Crippen LogP contribution in [-0.2, 0) is 13.0 Å². The van der Waals surface area contributed by atoms with Gasteiger partial charge < -0.3 is 20.3 Å². The number of hydrogen-bond acceptors (Lipinski definition) is 5. The van der Waals surface area contributed by atoms with Gasteiger partial charge >= 0.3 is 0 Å². The molecule has 3 aromatic rings. The Balaban J connectivity index is 1.27. The Hall–Kier alpha value is -3.46. The zero-order valence-corrected chi connectivity index (χ0v) is 26.8. The molecule has 1 aromatic heterocycles. The minimum Gasteiger partial charge on any atom is -0.497 e. The zero-order chi connectivity index (χ0) is 31.2. The van der Waals surface area contributed by atoms with Gasteiger partial charge in [-0.2, -0.15) is 0 Å². The second kappa shape index (κ2) is 12.1. The maximum absolute atomic E-state index is 14.5. The Morgan fingerprint density at radius 1 is 1.23 bits per heavy atom. The van der Waals surface area contributed by atoms with Gasteiger partial charge in [0.1, 0.15) is 11.6 Å². The molecule has 2 bridgehead atoms. The highest BCUT2D eigenvalue weighted by atomic mass is 19.1. The maximum atomic E-state index is 14.5. The number of nitrogens with two attached hydrogens (primary N) is 1. The van der Waals surface area contributed by atoms with Crippen molar-refractivity contribution >= 4 is 22.5 Å². The summed E-state index contributed by atoms with van der Waals surface area (Å²) in [6.07, 6.45) is 5.45. The van der Waals surface area contributed by atoms with Crippen LogP contribution in [0.2, 0.25) is 0 Å². The molecule has 236 valence electrons. The van der Waals surface area contributed by atoms with E-state index in [2.05, 4.69) is 42.5 Å². The van der Waals surface area contributed by atoms with Gasteiger partial charge in [0.25, 0.3) is 5.56 Å². The molecule has 8 nitrogen and oxygen atoms in total. The van der Waals surface area contributed by atoms with E-state index in [1.54, 1.807) is 23.0 Å². The first-order chi connectivity index (χ1) is 21.1. The largest absolute Gasteiger partial charge is 0.497 e. The summed E-state index contributed by atoms with van der Waals surface area (Å²) in [4.78, 5) is 27.9. The molecule has 0 amide bonds. The van der Waals surface area contributed by atoms with Crippen LogP contribution in [0.5, 0.6) is 5.75 Å². The fraction of sp³-hybridized carbons (Fsp3) is 0.571. The van der Waals surface area contributed by atoms with Crippen molar-refractivity contribution in [1.82, 2.24) is 14.5 Å². The number of aromatic nitrogens is 2. The van der Waals surface area contributed by atoms with E-state index in [1.165, 1.54) is 19.6 Å². The molecule has 9 heteroatoms. The Kier molecular flexibility index (Phi) is 8.44. The number of anilines is 1. The molecule has 2 unspecified atom stereocenters. The van der Waals surface area contributed by atoms with E-state index < -0.39 is 0 Å². The number of methoxy groups -OCH3 is 1. The summed E-state index contributed by atoms with van der Waals surface area (Å²) < 4.78 is 21.2. The molecule has 7 rings (SSSR count). The van der Waals surface area contributed by atoms with Gasteiger partial charge in [0.2, 0.25) is 0 Å².